The highest BCUT2D eigenvalue weighted by Gasteiger charge is 2.21. The lowest BCUT2D eigenvalue weighted by molar-refractivity contribution is 0.162. The Balaban J connectivity index is 1.78. The molecule has 134 valence electrons. The quantitative estimate of drug-likeness (QED) is 0.755. The number of aryl methyl sites for hydroxylation is 1. The molecule has 0 unspecified atom stereocenters. The van der Waals surface area contributed by atoms with Gasteiger partial charge >= 0.3 is 0 Å². The van der Waals surface area contributed by atoms with E-state index in [0.717, 1.165) is 54.2 Å². The van der Waals surface area contributed by atoms with E-state index in [-0.39, 0.29) is 6.10 Å². The average Bonchev–Trinajstić information content (AvgIpc) is 3.15. The largest absolute Gasteiger partial charge is 0.489 e. The van der Waals surface area contributed by atoms with Crippen LogP contribution < -0.4 is 10.1 Å². The van der Waals surface area contributed by atoms with Crippen molar-refractivity contribution in [1.29, 1.82) is 0 Å². The number of pyridine rings is 1. The van der Waals surface area contributed by atoms with Gasteiger partial charge in [0.15, 0.2) is 0 Å². The van der Waals surface area contributed by atoms with E-state index in [1.807, 2.05) is 41.9 Å². The van der Waals surface area contributed by atoms with Crippen LogP contribution in [0.1, 0.15) is 18.4 Å². The summed E-state index contributed by atoms with van der Waals surface area (Å²) in [5, 5.41) is 8.54. The summed E-state index contributed by atoms with van der Waals surface area (Å²) in [7, 11) is 0. The highest BCUT2D eigenvalue weighted by molar-refractivity contribution is 6.31. The fraction of sp³-hybridized carbons (Fsp3) is 0.300. The van der Waals surface area contributed by atoms with Gasteiger partial charge in [0, 0.05) is 16.8 Å². The molecule has 0 spiro atoms. The molecule has 0 atom stereocenters. The monoisotopic (exact) mass is 368 g/mol. The van der Waals surface area contributed by atoms with E-state index in [4.69, 9.17) is 16.3 Å². The van der Waals surface area contributed by atoms with Gasteiger partial charge in [0.25, 0.3) is 0 Å². The molecular weight excluding hydrogens is 348 g/mol. The molecule has 0 aliphatic carbocycles. The zero-order valence-electron chi connectivity index (χ0n) is 14.7. The molecule has 0 bridgehead atoms. The molecule has 5 nitrogen and oxygen atoms in total. The molecule has 0 saturated carbocycles. The van der Waals surface area contributed by atoms with Crippen molar-refractivity contribution in [3.63, 3.8) is 0 Å². The van der Waals surface area contributed by atoms with Crippen molar-refractivity contribution in [3.8, 4) is 22.7 Å². The maximum absolute atomic E-state index is 6.43. The topological polar surface area (TPSA) is 52.0 Å². The van der Waals surface area contributed by atoms with Crippen LogP contribution in [-0.2, 0) is 0 Å². The van der Waals surface area contributed by atoms with Crippen LogP contribution in [0, 0.1) is 6.92 Å². The number of ether oxygens (including phenoxy) is 1. The molecule has 0 radical (unpaired) electrons. The average molecular weight is 369 g/mol. The Morgan fingerprint density at radius 1 is 1.19 bits per heavy atom. The molecule has 1 aliphatic rings. The fourth-order valence-corrected chi connectivity index (χ4v) is 3.62. The highest BCUT2D eigenvalue weighted by Crippen LogP contribution is 2.37. The van der Waals surface area contributed by atoms with Crippen molar-refractivity contribution >= 4 is 11.6 Å². The molecule has 3 aromatic rings. The smallest absolute Gasteiger partial charge is 0.132 e. The van der Waals surface area contributed by atoms with Crippen LogP contribution in [0.2, 0.25) is 5.02 Å². The van der Waals surface area contributed by atoms with Crippen molar-refractivity contribution in [2.45, 2.75) is 25.9 Å². The van der Waals surface area contributed by atoms with E-state index in [1.54, 1.807) is 18.6 Å². The van der Waals surface area contributed by atoms with E-state index < -0.39 is 0 Å². The summed E-state index contributed by atoms with van der Waals surface area (Å²) in [5.74, 6) is 0.881. The van der Waals surface area contributed by atoms with Gasteiger partial charge in [-0.1, -0.05) is 11.6 Å². The van der Waals surface area contributed by atoms with E-state index in [1.165, 1.54) is 0 Å². The Hall–Kier alpha value is -2.37. The van der Waals surface area contributed by atoms with Crippen LogP contribution in [0.25, 0.3) is 16.9 Å². The standard InChI is InChI=1S/C20H21ClN4O/c1-14-11-15(21)12-18(20(14)26-17-4-8-22-9-5-17)19-6-10-24-25(19)16-3-2-7-23-13-16/h2-3,6-7,10-13,17,22H,4-5,8-9H2,1H3. The van der Waals surface area contributed by atoms with E-state index >= 15 is 0 Å². The van der Waals surface area contributed by atoms with Crippen LogP contribution in [0.15, 0.2) is 48.9 Å². The number of nitrogens with one attached hydrogen (secondary N) is 1. The number of nitrogens with zero attached hydrogens (tertiary/aromatic N) is 3. The molecule has 4 rings (SSSR count). The van der Waals surface area contributed by atoms with Gasteiger partial charge < -0.3 is 10.1 Å². The first kappa shape index (κ1) is 17.1. The zero-order chi connectivity index (χ0) is 17.9. The van der Waals surface area contributed by atoms with Crippen molar-refractivity contribution in [2.75, 3.05) is 13.1 Å². The highest BCUT2D eigenvalue weighted by atomic mass is 35.5. The minimum absolute atomic E-state index is 0.213. The molecular formula is C20H21ClN4O. The second-order valence-electron chi connectivity index (χ2n) is 6.51. The molecule has 1 aromatic carbocycles. The third-order valence-corrected chi connectivity index (χ3v) is 4.84. The van der Waals surface area contributed by atoms with Gasteiger partial charge in [-0.2, -0.15) is 5.10 Å². The van der Waals surface area contributed by atoms with Crippen LogP contribution in [0.5, 0.6) is 5.75 Å². The molecule has 3 heterocycles. The number of piperidine rings is 1. The minimum Gasteiger partial charge on any atom is -0.489 e. The van der Waals surface area contributed by atoms with Crippen LogP contribution in [0.3, 0.4) is 0 Å². The lowest BCUT2D eigenvalue weighted by Crippen LogP contribution is -2.34. The van der Waals surface area contributed by atoms with Crippen LogP contribution in [-0.4, -0.2) is 34.0 Å². The Labute approximate surface area is 158 Å². The number of halogens is 1. The number of hydrogen-bond donors (Lipinski definition) is 1. The molecule has 6 heteroatoms. The minimum atomic E-state index is 0.213. The predicted octanol–water partition coefficient (Wildman–Crippen LogP) is 4.03. The SMILES string of the molecule is Cc1cc(Cl)cc(-c2ccnn2-c2cccnc2)c1OC1CCNCC1. The van der Waals surface area contributed by atoms with Gasteiger partial charge in [-0.25, -0.2) is 4.68 Å². The molecule has 1 aliphatic heterocycles. The first-order chi connectivity index (χ1) is 12.7. The second-order valence-corrected chi connectivity index (χ2v) is 6.94. The Kier molecular flexibility index (Phi) is 4.91. The third kappa shape index (κ3) is 3.45. The Bertz CT molecular complexity index is 888. The Morgan fingerprint density at radius 3 is 2.81 bits per heavy atom. The van der Waals surface area contributed by atoms with Crippen molar-refractivity contribution in [2.24, 2.45) is 0 Å². The summed E-state index contributed by atoms with van der Waals surface area (Å²) in [6, 6.07) is 9.76. The summed E-state index contributed by atoms with van der Waals surface area (Å²) in [4.78, 5) is 4.20. The van der Waals surface area contributed by atoms with Crippen molar-refractivity contribution < 1.29 is 4.74 Å². The lowest BCUT2D eigenvalue weighted by Gasteiger charge is -2.26. The van der Waals surface area contributed by atoms with E-state index in [9.17, 15) is 0 Å². The van der Waals surface area contributed by atoms with Gasteiger partial charge in [-0.05, 0) is 68.8 Å². The van der Waals surface area contributed by atoms with Gasteiger partial charge in [0.1, 0.15) is 11.9 Å². The van der Waals surface area contributed by atoms with E-state index in [0.29, 0.717) is 5.02 Å². The number of hydrogen-bond acceptors (Lipinski definition) is 4. The zero-order valence-corrected chi connectivity index (χ0v) is 15.4. The maximum atomic E-state index is 6.43. The van der Waals surface area contributed by atoms with Gasteiger partial charge in [-0.3, -0.25) is 4.98 Å². The summed E-state index contributed by atoms with van der Waals surface area (Å²) in [6.45, 7) is 4.01. The lowest BCUT2D eigenvalue weighted by atomic mass is 10.0. The van der Waals surface area contributed by atoms with Crippen molar-refractivity contribution in [3.05, 3.63) is 59.5 Å². The summed E-state index contributed by atoms with van der Waals surface area (Å²) >= 11 is 6.37. The first-order valence-electron chi connectivity index (χ1n) is 8.84. The van der Waals surface area contributed by atoms with Crippen molar-refractivity contribution in [1.82, 2.24) is 20.1 Å². The number of aromatic nitrogens is 3. The first-order valence-corrected chi connectivity index (χ1v) is 9.22. The maximum Gasteiger partial charge on any atom is 0.132 e. The van der Waals surface area contributed by atoms with Crippen LogP contribution in [0.4, 0.5) is 0 Å². The molecule has 0 amide bonds. The number of benzene rings is 1. The predicted molar refractivity (Wildman–Crippen MR) is 103 cm³/mol. The molecule has 1 N–H and O–H groups in total. The summed E-state index contributed by atoms with van der Waals surface area (Å²) in [5.41, 5.74) is 3.82. The van der Waals surface area contributed by atoms with E-state index in [2.05, 4.69) is 15.4 Å². The van der Waals surface area contributed by atoms with Gasteiger partial charge in [-0.15, -0.1) is 0 Å². The van der Waals surface area contributed by atoms with Gasteiger partial charge in [0.05, 0.1) is 23.8 Å². The normalized spacial score (nSPS) is 15.2. The Morgan fingerprint density at radius 2 is 2.04 bits per heavy atom. The molecule has 1 saturated heterocycles. The number of rotatable bonds is 4. The third-order valence-electron chi connectivity index (χ3n) is 4.62. The summed E-state index contributed by atoms with van der Waals surface area (Å²) in [6.07, 6.45) is 7.55. The molecule has 2 aromatic heterocycles. The summed E-state index contributed by atoms with van der Waals surface area (Å²) < 4.78 is 8.30. The van der Waals surface area contributed by atoms with Crippen LogP contribution >= 0.6 is 11.6 Å². The molecule has 26 heavy (non-hydrogen) atoms. The van der Waals surface area contributed by atoms with Gasteiger partial charge in [0.2, 0.25) is 0 Å². The molecule has 1 fully saturated rings. The fourth-order valence-electron chi connectivity index (χ4n) is 3.35. The second kappa shape index (κ2) is 7.48.